The molecule has 0 aliphatic rings. The largest absolute Gasteiger partial charge is 0.493 e. The first-order valence-corrected chi connectivity index (χ1v) is 10.4. The van der Waals surface area contributed by atoms with Crippen molar-refractivity contribution in [1.29, 1.82) is 0 Å². The summed E-state index contributed by atoms with van der Waals surface area (Å²) >= 11 is 5.10. The van der Waals surface area contributed by atoms with Gasteiger partial charge < -0.3 is 14.2 Å². The molecule has 0 heterocycles. The van der Waals surface area contributed by atoms with Crippen LogP contribution in [-0.2, 0) is 4.74 Å². The maximum atomic E-state index is 12.4. The normalized spacial score (nSPS) is 10.1. The molecule has 0 saturated heterocycles. The zero-order chi connectivity index (χ0) is 22.5. The number of hydrazine groups is 1. The van der Waals surface area contributed by atoms with Gasteiger partial charge in [-0.05, 0) is 55.9 Å². The van der Waals surface area contributed by atoms with Crippen LogP contribution in [0.1, 0.15) is 41.0 Å². The maximum Gasteiger partial charge on any atom is 0.273 e. The molecule has 0 fully saturated rings. The number of hydrogen-bond acceptors (Lipinski definition) is 6. The topological polar surface area (TPSA) is 97.9 Å². The summed E-state index contributed by atoms with van der Waals surface area (Å²) in [6.07, 6.45) is 0.822. The van der Waals surface area contributed by atoms with Crippen molar-refractivity contribution in [2.24, 2.45) is 0 Å². The van der Waals surface area contributed by atoms with Gasteiger partial charge in [0.15, 0.2) is 5.11 Å². The Labute approximate surface area is 187 Å². The molecule has 0 aromatic heterocycles. The lowest BCUT2D eigenvalue weighted by Gasteiger charge is -2.13. The van der Waals surface area contributed by atoms with E-state index >= 15 is 0 Å². The second-order valence-corrected chi connectivity index (χ2v) is 6.69. The molecule has 2 amide bonds. The lowest BCUT2D eigenvalue weighted by atomic mass is 10.2. The number of carbonyl (C=O) groups excluding carboxylic acids is 2. The number of rotatable bonds is 10. The van der Waals surface area contributed by atoms with Crippen molar-refractivity contribution >= 4 is 29.1 Å². The standard InChI is InChI=1S/C22H27N3O5S/c1-3-12-30-19-11-6-5-10-18(19)21(27)24-25-22(31)23-20(26)16-8-7-9-17(15-16)29-14-13-28-4-2/h5-11,15H,3-4,12-14H2,1-2H3,(H,24,27)(H2,23,25,26,31). The van der Waals surface area contributed by atoms with Gasteiger partial charge in [-0.15, -0.1) is 0 Å². The van der Waals surface area contributed by atoms with Gasteiger partial charge in [-0.25, -0.2) is 0 Å². The summed E-state index contributed by atoms with van der Waals surface area (Å²) in [4.78, 5) is 24.8. The van der Waals surface area contributed by atoms with E-state index in [-0.39, 0.29) is 5.11 Å². The van der Waals surface area contributed by atoms with Gasteiger partial charge in [-0.2, -0.15) is 0 Å². The highest BCUT2D eigenvalue weighted by molar-refractivity contribution is 7.80. The van der Waals surface area contributed by atoms with Crippen LogP contribution < -0.4 is 25.6 Å². The summed E-state index contributed by atoms with van der Waals surface area (Å²) in [5, 5.41) is 2.46. The molecule has 0 saturated carbocycles. The molecule has 2 aromatic carbocycles. The zero-order valence-corrected chi connectivity index (χ0v) is 18.4. The Balaban J connectivity index is 1.86. The third-order valence-electron chi connectivity index (χ3n) is 3.91. The Hall–Kier alpha value is -3.17. The first-order valence-electron chi connectivity index (χ1n) is 9.99. The molecule has 8 nitrogen and oxygen atoms in total. The number of carbonyl (C=O) groups is 2. The molecule has 0 aliphatic carbocycles. The van der Waals surface area contributed by atoms with Crippen molar-refractivity contribution in [2.75, 3.05) is 26.4 Å². The smallest absolute Gasteiger partial charge is 0.273 e. The number of para-hydroxylation sites is 1. The molecular formula is C22H27N3O5S. The van der Waals surface area contributed by atoms with Gasteiger partial charge in [0, 0.05) is 12.2 Å². The highest BCUT2D eigenvalue weighted by atomic mass is 32.1. The van der Waals surface area contributed by atoms with Crippen molar-refractivity contribution < 1.29 is 23.8 Å². The molecule has 0 unspecified atom stereocenters. The van der Waals surface area contributed by atoms with Crippen LogP contribution in [0.15, 0.2) is 48.5 Å². The van der Waals surface area contributed by atoms with Crippen LogP contribution in [0.2, 0.25) is 0 Å². The van der Waals surface area contributed by atoms with E-state index in [4.69, 9.17) is 26.4 Å². The van der Waals surface area contributed by atoms with E-state index in [0.29, 0.717) is 49.1 Å². The van der Waals surface area contributed by atoms with Crippen molar-refractivity contribution in [1.82, 2.24) is 16.2 Å². The van der Waals surface area contributed by atoms with E-state index in [1.54, 1.807) is 48.5 Å². The lowest BCUT2D eigenvalue weighted by molar-refractivity contribution is 0.0931. The average Bonchev–Trinajstić information content (AvgIpc) is 2.79. The van der Waals surface area contributed by atoms with Crippen molar-refractivity contribution in [3.63, 3.8) is 0 Å². The fraction of sp³-hybridized carbons (Fsp3) is 0.318. The monoisotopic (exact) mass is 445 g/mol. The third kappa shape index (κ3) is 8.23. The number of amides is 2. The predicted molar refractivity (Wildman–Crippen MR) is 121 cm³/mol. The van der Waals surface area contributed by atoms with Crippen LogP contribution in [0, 0.1) is 0 Å². The molecule has 9 heteroatoms. The van der Waals surface area contributed by atoms with E-state index in [0.717, 1.165) is 6.42 Å². The van der Waals surface area contributed by atoms with Gasteiger partial charge in [0.25, 0.3) is 11.8 Å². The molecule has 0 atom stereocenters. The summed E-state index contributed by atoms with van der Waals surface area (Å²) in [6, 6.07) is 13.6. The lowest BCUT2D eigenvalue weighted by Crippen LogP contribution is -2.48. The molecule has 3 N–H and O–H groups in total. The molecule has 31 heavy (non-hydrogen) atoms. The fourth-order valence-corrected chi connectivity index (χ4v) is 2.61. The van der Waals surface area contributed by atoms with Gasteiger partial charge in [0.1, 0.15) is 18.1 Å². The highest BCUT2D eigenvalue weighted by Crippen LogP contribution is 2.17. The fourth-order valence-electron chi connectivity index (χ4n) is 2.47. The molecule has 0 aliphatic heterocycles. The van der Waals surface area contributed by atoms with E-state index in [2.05, 4.69) is 16.2 Å². The van der Waals surface area contributed by atoms with Crippen LogP contribution >= 0.6 is 12.2 Å². The van der Waals surface area contributed by atoms with Crippen LogP contribution in [0.5, 0.6) is 11.5 Å². The van der Waals surface area contributed by atoms with Gasteiger partial charge in [0.2, 0.25) is 0 Å². The van der Waals surface area contributed by atoms with Crippen LogP contribution in [0.3, 0.4) is 0 Å². The SMILES string of the molecule is CCCOc1ccccc1C(=O)NNC(=S)NC(=O)c1cccc(OCCOCC)c1. The Morgan fingerprint density at radius 1 is 0.903 bits per heavy atom. The van der Waals surface area contributed by atoms with Gasteiger partial charge in [-0.1, -0.05) is 25.1 Å². The Morgan fingerprint density at radius 3 is 2.48 bits per heavy atom. The first-order chi connectivity index (χ1) is 15.0. The van der Waals surface area contributed by atoms with Crippen LogP contribution in [0.25, 0.3) is 0 Å². The zero-order valence-electron chi connectivity index (χ0n) is 17.6. The van der Waals surface area contributed by atoms with Crippen LogP contribution in [-0.4, -0.2) is 43.4 Å². The van der Waals surface area contributed by atoms with E-state index in [1.165, 1.54) is 0 Å². The van der Waals surface area contributed by atoms with Crippen molar-refractivity contribution in [3.05, 3.63) is 59.7 Å². The van der Waals surface area contributed by atoms with Crippen molar-refractivity contribution in [3.8, 4) is 11.5 Å². The molecule has 2 aromatic rings. The van der Waals surface area contributed by atoms with Gasteiger partial charge in [-0.3, -0.25) is 25.8 Å². The Kier molecular flexibility index (Phi) is 10.3. The quantitative estimate of drug-likeness (QED) is 0.294. The predicted octanol–water partition coefficient (Wildman–Crippen LogP) is 2.84. The second kappa shape index (κ2) is 13.2. The summed E-state index contributed by atoms with van der Waals surface area (Å²) in [5.74, 6) is 0.143. The molecule has 0 bridgehead atoms. The van der Waals surface area contributed by atoms with Gasteiger partial charge in [0.05, 0.1) is 18.8 Å². The third-order valence-corrected chi connectivity index (χ3v) is 4.11. The number of ether oxygens (including phenoxy) is 3. The summed E-state index contributed by atoms with van der Waals surface area (Å²) in [5.41, 5.74) is 5.70. The average molecular weight is 446 g/mol. The summed E-state index contributed by atoms with van der Waals surface area (Å²) in [7, 11) is 0. The number of benzene rings is 2. The molecule has 0 radical (unpaired) electrons. The highest BCUT2D eigenvalue weighted by Gasteiger charge is 2.13. The molecular weight excluding hydrogens is 418 g/mol. The summed E-state index contributed by atoms with van der Waals surface area (Å²) < 4.78 is 16.3. The number of nitrogens with one attached hydrogen (secondary N) is 3. The van der Waals surface area contributed by atoms with Crippen LogP contribution in [0.4, 0.5) is 0 Å². The van der Waals surface area contributed by atoms with E-state index in [1.807, 2.05) is 13.8 Å². The van der Waals surface area contributed by atoms with E-state index < -0.39 is 11.8 Å². The number of hydrogen-bond donors (Lipinski definition) is 3. The molecule has 166 valence electrons. The minimum Gasteiger partial charge on any atom is -0.493 e. The Morgan fingerprint density at radius 2 is 1.71 bits per heavy atom. The number of thiocarbonyl (C=S) groups is 1. The van der Waals surface area contributed by atoms with E-state index in [9.17, 15) is 9.59 Å². The second-order valence-electron chi connectivity index (χ2n) is 6.28. The Bertz CT molecular complexity index is 891. The summed E-state index contributed by atoms with van der Waals surface area (Å²) in [6.45, 7) is 5.85. The molecule has 2 rings (SSSR count). The van der Waals surface area contributed by atoms with Gasteiger partial charge >= 0.3 is 0 Å². The molecule has 0 spiro atoms. The minimum atomic E-state index is -0.437. The first kappa shape index (κ1) is 24.1. The maximum absolute atomic E-state index is 12.4. The minimum absolute atomic E-state index is 0.0482. The van der Waals surface area contributed by atoms with Crippen molar-refractivity contribution in [2.45, 2.75) is 20.3 Å².